The van der Waals surface area contributed by atoms with Crippen molar-refractivity contribution in [2.75, 3.05) is 13.1 Å². The maximum Gasteiger partial charge on any atom is 0.306 e. The molecule has 0 aliphatic carbocycles. The van der Waals surface area contributed by atoms with Gasteiger partial charge in [0.05, 0.1) is 45.9 Å². The summed E-state index contributed by atoms with van der Waals surface area (Å²) in [7, 11) is 0. The number of carboxylic acid groups (broad SMARTS) is 2. The summed E-state index contributed by atoms with van der Waals surface area (Å²) >= 11 is 8.40. The number of hydrogen-bond acceptors (Lipinski definition) is 12. The summed E-state index contributed by atoms with van der Waals surface area (Å²) in [6, 6.07) is 23.6. The normalized spacial score (nSPS) is 12.2. The SMILES string of the molecule is Cc1c(COc2cc(OCc3cncc(C#N)c3)c(CNC[C@@H](O)CC(=O)O)cc2Cl)cccc1-c1cccc(-c2nc3c(C)c(CNC[C@@H](O)CC(=O)O)ccc3s2)c1C. The van der Waals surface area contributed by atoms with Gasteiger partial charge in [-0.3, -0.25) is 14.6 Å². The van der Waals surface area contributed by atoms with Crippen LogP contribution >= 0.6 is 22.9 Å². The van der Waals surface area contributed by atoms with Crippen LogP contribution in [-0.4, -0.2) is 67.6 Å². The van der Waals surface area contributed by atoms with Crippen LogP contribution in [0.3, 0.4) is 0 Å². The molecule has 6 aromatic rings. The topological polar surface area (TPSA) is 207 Å². The van der Waals surface area contributed by atoms with Crippen LogP contribution in [-0.2, 0) is 35.9 Å². The van der Waals surface area contributed by atoms with Crippen LogP contribution in [0.15, 0.2) is 79.1 Å². The Morgan fingerprint density at radius 1 is 0.770 bits per heavy atom. The van der Waals surface area contributed by atoms with Gasteiger partial charge in [0, 0.05) is 61.3 Å². The van der Waals surface area contributed by atoms with Crippen molar-refractivity contribution in [2.45, 2.75) is 72.1 Å². The van der Waals surface area contributed by atoms with Gasteiger partial charge in [-0.05, 0) is 77.9 Å². The second kappa shape index (κ2) is 20.6. The van der Waals surface area contributed by atoms with E-state index in [2.05, 4.69) is 59.8 Å². The Bertz CT molecular complexity index is 2590. The number of thiazole rings is 1. The largest absolute Gasteiger partial charge is 0.488 e. The van der Waals surface area contributed by atoms with E-state index in [1.807, 2.05) is 31.2 Å². The molecule has 6 N–H and O–H groups in total. The van der Waals surface area contributed by atoms with Gasteiger partial charge in [0.1, 0.15) is 35.8 Å². The zero-order chi connectivity index (χ0) is 43.6. The van der Waals surface area contributed by atoms with E-state index < -0.39 is 30.6 Å². The minimum Gasteiger partial charge on any atom is -0.488 e. The lowest BCUT2D eigenvalue weighted by molar-refractivity contribution is -0.140. The van der Waals surface area contributed by atoms with Crippen molar-refractivity contribution in [3.05, 3.63) is 129 Å². The molecule has 2 atom stereocenters. The van der Waals surface area contributed by atoms with Crippen molar-refractivity contribution in [3.8, 4) is 39.3 Å². The molecule has 0 aliphatic rings. The number of aromatic nitrogens is 2. The Labute approximate surface area is 362 Å². The number of rotatable bonds is 20. The predicted molar refractivity (Wildman–Crippen MR) is 234 cm³/mol. The number of aliphatic carboxylic acids is 2. The maximum atomic E-state index is 11.0. The average Bonchev–Trinajstić information content (AvgIpc) is 3.66. The van der Waals surface area contributed by atoms with Crippen LogP contribution in [0.5, 0.6) is 11.5 Å². The number of nitrogens with one attached hydrogen (secondary N) is 2. The number of nitrogens with zero attached hydrogens (tertiary/aromatic N) is 3. The summed E-state index contributed by atoms with van der Waals surface area (Å²) in [5.74, 6) is -1.30. The smallest absolute Gasteiger partial charge is 0.306 e. The molecule has 2 heterocycles. The van der Waals surface area contributed by atoms with Crippen molar-refractivity contribution in [1.82, 2.24) is 20.6 Å². The number of aliphatic hydroxyl groups is 2. The lowest BCUT2D eigenvalue weighted by Gasteiger charge is -2.18. The van der Waals surface area contributed by atoms with Crippen LogP contribution in [0.25, 0.3) is 31.9 Å². The number of ether oxygens (including phenoxy) is 2. The number of carbonyl (C=O) groups is 2. The third-order valence-corrected chi connectivity index (χ3v) is 11.6. The quantitative estimate of drug-likeness (QED) is 0.0441. The van der Waals surface area contributed by atoms with Crippen LogP contribution < -0.4 is 20.1 Å². The Morgan fingerprint density at radius 2 is 1.41 bits per heavy atom. The highest BCUT2D eigenvalue weighted by atomic mass is 35.5. The maximum absolute atomic E-state index is 11.0. The van der Waals surface area contributed by atoms with Gasteiger partial charge in [-0.15, -0.1) is 11.3 Å². The molecule has 0 aliphatic heterocycles. The fourth-order valence-electron chi connectivity index (χ4n) is 6.96. The molecule has 0 fully saturated rings. The first-order valence-electron chi connectivity index (χ1n) is 19.5. The van der Waals surface area contributed by atoms with E-state index in [1.165, 1.54) is 6.20 Å². The molecule has 61 heavy (non-hydrogen) atoms. The number of pyridine rings is 1. The van der Waals surface area contributed by atoms with E-state index in [0.717, 1.165) is 59.7 Å². The molecule has 6 rings (SSSR count). The summed E-state index contributed by atoms with van der Waals surface area (Å²) < 4.78 is 13.6. The molecule has 0 unspecified atom stereocenters. The third-order valence-electron chi connectivity index (χ3n) is 10.3. The van der Waals surface area contributed by atoms with Gasteiger partial charge < -0.3 is 40.5 Å². The predicted octanol–water partition coefficient (Wildman–Crippen LogP) is 7.48. The van der Waals surface area contributed by atoms with Gasteiger partial charge in [0.25, 0.3) is 0 Å². The highest BCUT2D eigenvalue weighted by Gasteiger charge is 2.19. The van der Waals surface area contributed by atoms with E-state index in [-0.39, 0.29) is 39.3 Å². The minimum atomic E-state index is -1.10. The Morgan fingerprint density at radius 3 is 2.10 bits per heavy atom. The van der Waals surface area contributed by atoms with Gasteiger partial charge in [0.2, 0.25) is 0 Å². The number of benzene rings is 4. The molecule has 0 saturated carbocycles. The van der Waals surface area contributed by atoms with Gasteiger partial charge in [-0.1, -0.05) is 54.1 Å². The van der Waals surface area contributed by atoms with E-state index in [4.69, 9.17) is 36.3 Å². The van der Waals surface area contributed by atoms with Crippen molar-refractivity contribution in [2.24, 2.45) is 0 Å². The first-order chi connectivity index (χ1) is 29.3. The van der Waals surface area contributed by atoms with Crippen molar-refractivity contribution >= 4 is 45.1 Å². The highest BCUT2D eigenvalue weighted by molar-refractivity contribution is 7.21. The van der Waals surface area contributed by atoms with Crippen LogP contribution in [0.4, 0.5) is 0 Å². The second-order valence-corrected chi connectivity index (χ2v) is 16.1. The van der Waals surface area contributed by atoms with Gasteiger partial charge in [0.15, 0.2) is 0 Å². The average molecular weight is 864 g/mol. The molecule has 13 nitrogen and oxygen atoms in total. The number of aliphatic hydroxyl groups excluding tert-OH is 2. The van der Waals surface area contributed by atoms with Crippen molar-refractivity contribution in [3.63, 3.8) is 0 Å². The number of aryl methyl sites for hydroxylation is 1. The molecule has 4 aromatic carbocycles. The molecule has 0 amide bonds. The number of fused-ring (bicyclic) bond motifs is 1. The van der Waals surface area contributed by atoms with E-state index in [0.29, 0.717) is 39.8 Å². The zero-order valence-corrected chi connectivity index (χ0v) is 35.4. The summed E-state index contributed by atoms with van der Waals surface area (Å²) in [5.41, 5.74) is 10.9. The van der Waals surface area contributed by atoms with Crippen molar-refractivity contribution < 1.29 is 39.5 Å². The molecule has 0 saturated heterocycles. The Kier molecular flexibility index (Phi) is 15.0. The lowest BCUT2D eigenvalue weighted by Crippen LogP contribution is -2.28. The minimum absolute atomic E-state index is 0.0414. The molecule has 0 spiro atoms. The first kappa shape index (κ1) is 44.6. The van der Waals surface area contributed by atoms with E-state index >= 15 is 0 Å². The monoisotopic (exact) mass is 863 g/mol. The number of nitriles is 1. The second-order valence-electron chi connectivity index (χ2n) is 14.7. The van der Waals surface area contributed by atoms with E-state index in [1.54, 1.807) is 35.7 Å². The lowest BCUT2D eigenvalue weighted by atomic mass is 9.91. The fraction of sp³-hybridized carbons (Fsp3) is 0.283. The summed E-state index contributed by atoms with van der Waals surface area (Å²) in [6.45, 7) is 7.41. The molecule has 2 aromatic heterocycles. The first-order valence-corrected chi connectivity index (χ1v) is 20.7. The Hall–Kier alpha value is -5.92. The van der Waals surface area contributed by atoms with Gasteiger partial charge in [-0.25, -0.2) is 4.98 Å². The van der Waals surface area contributed by atoms with Crippen molar-refractivity contribution in [1.29, 1.82) is 5.26 Å². The number of hydrogen-bond donors (Lipinski definition) is 6. The van der Waals surface area contributed by atoms with Crippen LogP contribution in [0.1, 0.15) is 57.3 Å². The van der Waals surface area contributed by atoms with Crippen LogP contribution in [0, 0.1) is 32.1 Å². The summed E-state index contributed by atoms with van der Waals surface area (Å²) in [4.78, 5) is 31.1. The number of carboxylic acids is 2. The van der Waals surface area contributed by atoms with Gasteiger partial charge >= 0.3 is 11.9 Å². The highest BCUT2D eigenvalue weighted by Crippen LogP contribution is 2.39. The zero-order valence-electron chi connectivity index (χ0n) is 33.9. The van der Waals surface area contributed by atoms with Gasteiger partial charge in [-0.2, -0.15) is 5.26 Å². The Balaban J connectivity index is 1.20. The van der Waals surface area contributed by atoms with E-state index in [9.17, 15) is 25.1 Å². The molecular weight excluding hydrogens is 818 g/mol. The summed E-state index contributed by atoms with van der Waals surface area (Å²) in [5, 5.41) is 54.7. The standard InChI is InChI=1S/C46H46ClN5O8S/c1-26-32(25-60-41-16-40(59-24-30-12-29(17-48)18-49-19-30)33(13-39(41)47)21-51-23-35(54)15-44(57)58)6-4-7-36(26)37-8-5-9-38(28(37)3)46-52-45-27(2)31(10-11-42(45)61-46)20-50-22-34(53)14-43(55)56/h4-13,16,18-19,34-35,50-51,53-54H,14-15,20-25H2,1-3H3,(H,55,56)(H,57,58)/t34-,35-/m0/s1. The molecule has 0 bridgehead atoms. The number of halogens is 1. The molecule has 316 valence electrons. The molecule has 15 heteroatoms. The third kappa shape index (κ3) is 11.5. The summed E-state index contributed by atoms with van der Waals surface area (Å²) in [6.07, 6.45) is 0.329. The molecular formula is C46H46ClN5O8S. The molecule has 0 radical (unpaired) electrons. The van der Waals surface area contributed by atoms with Crippen LogP contribution in [0.2, 0.25) is 5.02 Å². The fourth-order valence-corrected chi connectivity index (χ4v) is 8.31.